The second-order valence-corrected chi connectivity index (χ2v) is 3.99. The molecule has 1 atom stereocenters. The minimum Gasteiger partial charge on any atom is -0.490 e. The number of rotatable bonds is 7. The third kappa shape index (κ3) is 3.89. The van der Waals surface area contributed by atoms with E-state index < -0.39 is 35.1 Å². The maximum Gasteiger partial charge on any atom is 0.326 e. The molecule has 0 aliphatic rings. The molecule has 1 aromatic carbocycles. The molecule has 9 heteroatoms. The van der Waals surface area contributed by atoms with E-state index in [1.165, 1.54) is 19.2 Å². The average molecular weight is 298 g/mol. The SMILES string of the molecule is COc1c(C(=O)N[C@@H](CCO)C(=O)O)cccc1[N+](=O)[O-]. The minimum atomic E-state index is -1.32. The van der Waals surface area contributed by atoms with E-state index in [9.17, 15) is 19.7 Å². The Bertz CT molecular complexity index is 559. The number of hydrogen-bond acceptors (Lipinski definition) is 6. The van der Waals surface area contributed by atoms with Crippen molar-refractivity contribution in [2.75, 3.05) is 13.7 Å². The first-order valence-electron chi connectivity index (χ1n) is 5.88. The van der Waals surface area contributed by atoms with E-state index in [0.29, 0.717) is 0 Å². The number of carbonyl (C=O) groups is 2. The molecular formula is C12H14N2O7. The van der Waals surface area contributed by atoms with Crippen LogP contribution in [0.2, 0.25) is 0 Å². The van der Waals surface area contributed by atoms with Crippen LogP contribution >= 0.6 is 0 Å². The summed E-state index contributed by atoms with van der Waals surface area (Å²) in [4.78, 5) is 33.1. The number of aliphatic hydroxyl groups excluding tert-OH is 1. The minimum absolute atomic E-state index is 0.157. The maximum atomic E-state index is 12.0. The Morgan fingerprint density at radius 2 is 2.14 bits per heavy atom. The molecule has 9 nitrogen and oxygen atoms in total. The topological polar surface area (TPSA) is 139 Å². The van der Waals surface area contributed by atoms with Crippen molar-refractivity contribution in [3.63, 3.8) is 0 Å². The zero-order valence-electron chi connectivity index (χ0n) is 11.1. The fourth-order valence-corrected chi connectivity index (χ4v) is 1.68. The lowest BCUT2D eigenvalue weighted by Gasteiger charge is -2.14. The Morgan fingerprint density at radius 1 is 1.48 bits per heavy atom. The number of ether oxygens (including phenoxy) is 1. The molecule has 0 spiro atoms. The highest BCUT2D eigenvalue weighted by Gasteiger charge is 2.26. The lowest BCUT2D eigenvalue weighted by molar-refractivity contribution is -0.385. The van der Waals surface area contributed by atoms with Crippen molar-refractivity contribution in [2.24, 2.45) is 0 Å². The molecule has 0 heterocycles. The van der Waals surface area contributed by atoms with Gasteiger partial charge in [0.2, 0.25) is 5.75 Å². The standard InChI is InChI=1S/C12H14N2O7/c1-21-10-7(3-2-4-9(10)14(19)20)11(16)13-8(5-6-15)12(17)18/h2-4,8,15H,5-6H2,1H3,(H,13,16)(H,17,18)/t8-/m0/s1. The molecule has 0 saturated carbocycles. The number of methoxy groups -OCH3 is 1. The van der Waals surface area contributed by atoms with E-state index in [1.807, 2.05) is 0 Å². The normalized spacial score (nSPS) is 11.5. The van der Waals surface area contributed by atoms with Crippen LogP contribution in [0, 0.1) is 10.1 Å². The molecule has 0 bridgehead atoms. The first-order valence-corrected chi connectivity index (χ1v) is 5.88. The molecule has 0 aliphatic carbocycles. The van der Waals surface area contributed by atoms with E-state index in [4.69, 9.17) is 14.9 Å². The van der Waals surface area contributed by atoms with Gasteiger partial charge in [0.05, 0.1) is 17.6 Å². The molecule has 0 radical (unpaired) electrons. The molecule has 21 heavy (non-hydrogen) atoms. The first-order chi connectivity index (χ1) is 9.92. The number of benzene rings is 1. The number of nitro benzene ring substituents is 1. The van der Waals surface area contributed by atoms with Gasteiger partial charge >= 0.3 is 11.7 Å². The summed E-state index contributed by atoms with van der Waals surface area (Å²) in [6.45, 7) is -0.427. The van der Waals surface area contributed by atoms with Crippen molar-refractivity contribution in [1.82, 2.24) is 5.32 Å². The number of aliphatic hydroxyl groups is 1. The van der Waals surface area contributed by atoms with Gasteiger partial charge in [0.1, 0.15) is 6.04 Å². The van der Waals surface area contributed by atoms with Crippen LogP contribution < -0.4 is 10.1 Å². The summed E-state index contributed by atoms with van der Waals surface area (Å²) < 4.78 is 4.86. The van der Waals surface area contributed by atoms with Gasteiger partial charge in [-0.2, -0.15) is 0 Å². The van der Waals surface area contributed by atoms with Crippen LogP contribution in [0.3, 0.4) is 0 Å². The van der Waals surface area contributed by atoms with Gasteiger partial charge in [-0.3, -0.25) is 14.9 Å². The molecule has 0 unspecified atom stereocenters. The summed E-state index contributed by atoms with van der Waals surface area (Å²) in [6, 6.07) is 2.43. The Labute approximate surface area is 119 Å². The number of hydrogen-bond donors (Lipinski definition) is 3. The first kappa shape index (κ1) is 16.4. The summed E-state index contributed by atoms with van der Waals surface area (Å²) in [5, 5.41) is 30.7. The fourth-order valence-electron chi connectivity index (χ4n) is 1.68. The Kier molecular flexibility index (Phi) is 5.61. The second-order valence-electron chi connectivity index (χ2n) is 3.99. The van der Waals surface area contributed by atoms with Gasteiger partial charge in [-0.05, 0) is 6.07 Å². The highest BCUT2D eigenvalue weighted by Crippen LogP contribution is 2.30. The molecule has 1 amide bonds. The van der Waals surface area contributed by atoms with Gasteiger partial charge in [-0.15, -0.1) is 0 Å². The van der Waals surface area contributed by atoms with Gasteiger partial charge in [-0.25, -0.2) is 4.79 Å². The Morgan fingerprint density at radius 3 is 2.62 bits per heavy atom. The van der Waals surface area contributed by atoms with Gasteiger partial charge in [0.15, 0.2) is 0 Å². The number of para-hydroxylation sites is 1. The molecule has 1 rings (SSSR count). The molecule has 114 valence electrons. The molecule has 3 N–H and O–H groups in total. The number of amides is 1. The largest absolute Gasteiger partial charge is 0.490 e. The number of aliphatic carboxylic acids is 1. The third-order valence-electron chi connectivity index (χ3n) is 2.66. The van der Waals surface area contributed by atoms with Crippen molar-refractivity contribution in [2.45, 2.75) is 12.5 Å². The number of carbonyl (C=O) groups excluding carboxylic acids is 1. The average Bonchev–Trinajstić information content (AvgIpc) is 2.45. The smallest absolute Gasteiger partial charge is 0.326 e. The predicted molar refractivity (Wildman–Crippen MR) is 70.2 cm³/mol. The van der Waals surface area contributed by atoms with Gasteiger partial charge < -0.3 is 20.3 Å². The van der Waals surface area contributed by atoms with Crippen molar-refractivity contribution in [3.05, 3.63) is 33.9 Å². The summed E-state index contributed by atoms with van der Waals surface area (Å²) in [5.41, 5.74) is -0.560. The molecule has 0 aromatic heterocycles. The van der Waals surface area contributed by atoms with Crippen molar-refractivity contribution >= 4 is 17.6 Å². The van der Waals surface area contributed by atoms with E-state index >= 15 is 0 Å². The molecule has 0 fully saturated rings. The Hall–Kier alpha value is -2.68. The van der Waals surface area contributed by atoms with Gasteiger partial charge in [0.25, 0.3) is 5.91 Å². The van der Waals surface area contributed by atoms with E-state index in [-0.39, 0.29) is 17.7 Å². The van der Waals surface area contributed by atoms with Crippen molar-refractivity contribution in [1.29, 1.82) is 0 Å². The van der Waals surface area contributed by atoms with E-state index in [0.717, 1.165) is 6.07 Å². The van der Waals surface area contributed by atoms with Gasteiger partial charge in [0, 0.05) is 19.1 Å². The number of carboxylic acids is 1. The Balaban J connectivity index is 3.09. The van der Waals surface area contributed by atoms with E-state index in [2.05, 4.69) is 5.32 Å². The van der Waals surface area contributed by atoms with Crippen LogP contribution in [-0.4, -0.2) is 46.8 Å². The third-order valence-corrected chi connectivity index (χ3v) is 2.66. The van der Waals surface area contributed by atoms with Crippen molar-refractivity contribution in [3.8, 4) is 5.75 Å². The molecule has 0 aliphatic heterocycles. The van der Waals surface area contributed by atoms with Crippen LogP contribution in [0.1, 0.15) is 16.8 Å². The summed E-state index contributed by atoms with van der Waals surface area (Å²) in [7, 11) is 1.17. The number of nitro groups is 1. The molecule has 0 saturated heterocycles. The second kappa shape index (κ2) is 7.20. The van der Waals surface area contributed by atoms with E-state index in [1.54, 1.807) is 0 Å². The number of carboxylic acid groups (broad SMARTS) is 1. The lowest BCUT2D eigenvalue weighted by Crippen LogP contribution is -2.41. The van der Waals surface area contributed by atoms with Crippen LogP contribution in [0.4, 0.5) is 5.69 Å². The van der Waals surface area contributed by atoms with Gasteiger partial charge in [-0.1, -0.05) is 6.07 Å². The molecule has 1 aromatic rings. The fraction of sp³-hybridized carbons (Fsp3) is 0.333. The summed E-state index contributed by atoms with van der Waals surface area (Å²) in [6.07, 6.45) is -0.182. The zero-order valence-corrected chi connectivity index (χ0v) is 11.1. The summed E-state index contributed by atoms with van der Waals surface area (Å²) in [5.74, 6) is -2.41. The highest BCUT2D eigenvalue weighted by atomic mass is 16.6. The number of nitrogens with zero attached hydrogens (tertiary/aromatic N) is 1. The quantitative estimate of drug-likeness (QED) is 0.481. The maximum absolute atomic E-state index is 12.0. The monoisotopic (exact) mass is 298 g/mol. The van der Waals surface area contributed by atoms with Crippen LogP contribution in [0.25, 0.3) is 0 Å². The van der Waals surface area contributed by atoms with Crippen LogP contribution in [0.5, 0.6) is 5.75 Å². The lowest BCUT2D eigenvalue weighted by atomic mass is 10.1. The zero-order chi connectivity index (χ0) is 16.0. The predicted octanol–water partition coefficient (Wildman–Crippen LogP) is 0.169. The van der Waals surface area contributed by atoms with Crippen molar-refractivity contribution < 1.29 is 29.5 Å². The summed E-state index contributed by atoms with van der Waals surface area (Å²) >= 11 is 0. The highest BCUT2D eigenvalue weighted by molar-refractivity contribution is 6.00. The van der Waals surface area contributed by atoms with Crippen LogP contribution in [-0.2, 0) is 4.79 Å². The number of nitrogens with one attached hydrogen (secondary N) is 1. The molecular weight excluding hydrogens is 284 g/mol. The van der Waals surface area contributed by atoms with Crippen LogP contribution in [0.15, 0.2) is 18.2 Å².